The zero-order valence-corrected chi connectivity index (χ0v) is 15.4. The maximum Gasteiger partial charge on any atom is 0.391 e. The SMILES string of the molecule is Cl.O=C(NCC1CCCC(C(F)(F)F)C1)C1(n2cccn2)CCNCC1. The van der Waals surface area contributed by atoms with Crippen molar-refractivity contribution in [2.75, 3.05) is 19.6 Å². The highest BCUT2D eigenvalue weighted by Gasteiger charge is 2.44. The number of hydrogen-bond donors (Lipinski definition) is 2. The van der Waals surface area contributed by atoms with E-state index in [1.165, 1.54) is 0 Å². The first kappa shape index (κ1) is 21.0. The van der Waals surface area contributed by atoms with Crippen LogP contribution in [-0.2, 0) is 10.3 Å². The van der Waals surface area contributed by atoms with E-state index in [-0.39, 0.29) is 37.1 Å². The second-order valence-corrected chi connectivity index (χ2v) is 7.21. The summed E-state index contributed by atoms with van der Waals surface area (Å²) in [6.07, 6.45) is 2.16. The first-order chi connectivity index (χ1) is 11.9. The number of nitrogens with zero attached hydrogens (tertiary/aromatic N) is 2. The molecule has 1 aromatic heterocycles. The molecule has 1 aromatic rings. The summed E-state index contributed by atoms with van der Waals surface area (Å²) in [5, 5.41) is 10.4. The first-order valence-corrected chi connectivity index (χ1v) is 8.98. The Morgan fingerprint density at radius 1 is 1.31 bits per heavy atom. The highest BCUT2D eigenvalue weighted by atomic mass is 35.5. The van der Waals surface area contributed by atoms with Crippen LogP contribution in [0.4, 0.5) is 13.2 Å². The number of hydrogen-bond acceptors (Lipinski definition) is 3. The van der Waals surface area contributed by atoms with Gasteiger partial charge in [-0.1, -0.05) is 6.42 Å². The number of carbonyl (C=O) groups excluding carboxylic acids is 1. The van der Waals surface area contributed by atoms with Crippen LogP contribution in [0.25, 0.3) is 0 Å². The van der Waals surface area contributed by atoms with Crippen LogP contribution in [-0.4, -0.2) is 41.5 Å². The summed E-state index contributed by atoms with van der Waals surface area (Å²) in [4.78, 5) is 12.9. The van der Waals surface area contributed by atoms with Crippen molar-refractivity contribution in [3.05, 3.63) is 18.5 Å². The Balaban J connectivity index is 0.00000243. The second-order valence-electron chi connectivity index (χ2n) is 7.21. The van der Waals surface area contributed by atoms with Crippen LogP contribution in [0, 0.1) is 11.8 Å². The fraction of sp³-hybridized carbons (Fsp3) is 0.765. The summed E-state index contributed by atoms with van der Waals surface area (Å²) in [6.45, 7) is 1.74. The van der Waals surface area contributed by atoms with Gasteiger partial charge in [-0.15, -0.1) is 12.4 Å². The lowest BCUT2D eigenvalue weighted by Crippen LogP contribution is -2.55. The van der Waals surface area contributed by atoms with Gasteiger partial charge in [0.05, 0.1) is 5.92 Å². The van der Waals surface area contributed by atoms with E-state index in [4.69, 9.17) is 0 Å². The lowest BCUT2D eigenvalue weighted by Gasteiger charge is -2.37. The van der Waals surface area contributed by atoms with E-state index >= 15 is 0 Å². The van der Waals surface area contributed by atoms with Gasteiger partial charge in [0.1, 0.15) is 5.54 Å². The van der Waals surface area contributed by atoms with E-state index in [9.17, 15) is 18.0 Å². The van der Waals surface area contributed by atoms with Crippen LogP contribution in [0.2, 0.25) is 0 Å². The smallest absolute Gasteiger partial charge is 0.354 e. The summed E-state index contributed by atoms with van der Waals surface area (Å²) in [5.74, 6) is -1.48. The van der Waals surface area contributed by atoms with Crippen LogP contribution < -0.4 is 10.6 Å². The third-order valence-electron chi connectivity index (χ3n) is 5.59. The van der Waals surface area contributed by atoms with Crippen molar-refractivity contribution in [3.8, 4) is 0 Å². The largest absolute Gasteiger partial charge is 0.391 e. The van der Waals surface area contributed by atoms with E-state index in [2.05, 4.69) is 15.7 Å². The Hall–Kier alpha value is -1.28. The Morgan fingerprint density at radius 2 is 2.04 bits per heavy atom. The fourth-order valence-corrected chi connectivity index (χ4v) is 4.10. The van der Waals surface area contributed by atoms with Gasteiger partial charge < -0.3 is 10.6 Å². The Labute approximate surface area is 157 Å². The molecular weight excluding hydrogens is 369 g/mol. The van der Waals surface area contributed by atoms with Gasteiger partial charge in [0.15, 0.2) is 0 Å². The molecule has 0 bridgehead atoms. The molecule has 148 valence electrons. The molecule has 0 radical (unpaired) electrons. The predicted molar refractivity (Wildman–Crippen MR) is 94.1 cm³/mol. The molecule has 2 fully saturated rings. The maximum absolute atomic E-state index is 12.9. The van der Waals surface area contributed by atoms with E-state index in [0.29, 0.717) is 38.9 Å². The summed E-state index contributed by atoms with van der Waals surface area (Å²) < 4.78 is 40.5. The molecular formula is C17H26ClF3N4O. The van der Waals surface area contributed by atoms with Crippen molar-refractivity contribution in [2.45, 2.75) is 50.2 Å². The van der Waals surface area contributed by atoms with Gasteiger partial charge >= 0.3 is 6.18 Å². The van der Waals surface area contributed by atoms with Gasteiger partial charge in [-0.2, -0.15) is 18.3 Å². The standard InChI is InChI=1S/C17H25F3N4O.ClH/c18-17(19,20)14-4-1-3-13(11-14)12-22-15(25)16(5-8-21-9-6-16)24-10-2-7-23-24;/h2,7,10,13-14,21H,1,3-6,8-9,11-12H2,(H,22,25);1H. The highest BCUT2D eigenvalue weighted by molar-refractivity contribution is 5.85. The van der Waals surface area contributed by atoms with Crippen LogP contribution in [0.5, 0.6) is 0 Å². The van der Waals surface area contributed by atoms with Gasteiger partial charge in [0, 0.05) is 18.9 Å². The molecule has 2 aliphatic rings. The lowest BCUT2D eigenvalue weighted by atomic mass is 9.80. The number of aromatic nitrogens is 2. The summed E-state index contributed by atoms with van der Waals surface area (Å²) >= 11 is 0. The van der Waals surface area contributed by atoms with E-state index in [1.807, 2.05) is 0 Å². The molecule has 1 amide bonds. The van der Waals surface area contributed by atoms with Gasteiger partial charge in [-0.3, -0.25) is 9.48 Å². The summed E-state index contributed by atoms with van der Waals surface area (Å²) in [7, 11) is 0. The molecule has 2 atom stereocenters. The molecule has 1 aliphatic carbocycles. The Bertz CT molecular complexity index is 573. The number of halogens is 4. The summed E-state index contributed by atoms with van der Waals surface area (Å²) in [5.41, 5.74) is -0.743. The van der Waals surface area contributed by atoms with Crippen molar-refractivity contribution in [3.63, 3.8) is 0 Å². The predicted octanol–water partition coefficient (Wildman–Crippen LogP) is 2.87. The van der Waals surface area contributed by atoms with Crippen molar-refractivity contribution in [1.29, 1.82) is 0 Å². The molecule has 2 N–H and O–H groups in total. The number of piperidine rings is 1. The number of alkyl halides is 3. The molecule has 0 aromatic carbocycles. The Morgan fingerprint density at radius 3 is 2.65 bits per heavy atom. The zero-order chi connectivity index (χ0) is 17.9. The minimum atomic E-state index is -4.13. The maximum atomic E-state index is 12.9. The highest BCUT2D eigenvalue weighted by Crippen LogP contribution is 2.39. The topological polar surface area (TPSA) is 59.0 Å². The lowest BCUT2D eigenvalue weighted by molar-refractivity contribution is -0.185. The third kappa shape index (κ3) is 4.52. The van der Waals surface area contributed by atoms with Crippen molar-refractivity contribution < 1.29 is 18.0 Å². The Kier molecular flexibility index (Phi) is 6.96. The van der Waals surface area contributed by atoms with Crippen LogP contribution in [0.1, 0.15) is 38.5 Å². The average Bonchev–Trinajstić information content (AvgIpc) is 3.15. The van der Waals surface area contributed by atoms with Crippen LogP contribution >= 0.6 is 12.4 Å². The van der Waals surface area contributed by atoms with Crippen LogP contribution in [0.15, 0.2) is 18.5 Å². The van der Waals surface area contributed by atoms with Gasteiger partial charge in [0.2, 0.25) is 5.91 Å². The number of rotatable bonds is 4. The van der Waals surface area contributed by atoms with Gasteiger partial charge in [0.25, 0.3) is 0 Å². The number of nitrogens with one attached hydrogen (secondary N) is 2. The van der Waals surface area contributed by atoms with E-state index in [1.54, 1.807) is 23.1 Å². The fourth-order valence-electron chi connectivity index (χ4n) is 4.10. The van der Waals surface area contributed by atoms with E-state index < -0.39 is 17.6 Å². The molecule has 2 unspecified atom stereocenters. The number of carbonyl (C=O) groups is 1. The van der Waals surface area contributed by atoms with Crippen molar-refractivity contribution in [1.82, 2.24) is 20.4 Å². The molecule has 26 heavy (non-hydrogen) atoms. The number of amides is 1. The summed E-state index contributed by atoms with van der Waals surface area (Å²) in [6, 6.07) is 1.78. The molecule has 3 rings (SSSR count). The normalized spacial score (nSPS) is 26.0. The van der Waals surface area contributed by atoms with Gasteiger partial charge in [-0.05, 0) is 57.2 Å². The molecule has 1 saturated carbocycles. The monoisotopic (exact) mass is 394 g/mol. The molecule has 1 aliphatic heterocycles. The molecule has 2 heterocycles. The minimum Gasteiger partial charge on any atom is -0.354 e. The van der Waals surface area contributed by atoms with Crippen molar-refractivity contribution in [2.24, 2.45) is 11.8 Å². The average molecular weight is 395 g/mol. The van der Waals surface area contributed by atoms with E-state index in [0.717, 1.165) is 6.42 Å². The zero-order valence-electron chi connectivity index (χ0n) is 14.6. The first-order valence-electron chi connectivity index (χ1n) is 8.98. The van der Waals surface area contributed by atoms with Crippen molar-refractivity contribution >= 4 is 18.3 Å². The second kappa shape index (κ2) is 8.61. The molecule has 9 heteroatoms. The molecule has 0 spiro atoms. The third-order valence-corrected chi connectivity index (χ3v) is 5.59. The molecule has 1 saturated heterocycles. The molecule has 5 nitrogen and oxygen atoms in total. The van der Waals surface area contributed by atoms with Crippen LogP contribution in [0.3, 0.4) is 0 Å². The minimum absolute atomic E-state index is 0. The van der Waals surface area contributed by atoms with Gasteiger partial charge in [-0.25, -0.2) is 0 Å². The quantitative estimate of drug-likeness (QED) is 0.825.